The Labute approximate surface area is 101 Å². The van der Waals surface area contributed by atoms with E-state index in [9.17, 15) is 0 Å². The van der Waals surface area contributed by atoms with Crippen LogP contribution in [-0.2, 0) is 6.54 Å². The standard InChI is InChI=1S/C13H17N3O/c1-11-2-4-13(5-3-11)16-10-12(9-15-16)8-14-6-7-17/h2-5,9-10,14,17H,6-8H2,1H3/p+1. The van der Waals surface area contributed by atoms with Crippen molar-refractivity contribution in [2.24, 2.45) is 0 Å². The number of aryl methyl sites for hydroxylation is 1. The summed E-state index contributed by atoms with van der Waals surface area (Å²) < 4.78 is 1.88. The molecule has 1 aromatic heterocycles. The Kier molecular flexibility index (Phi) is 3.90. The number of quaternary nitrogens is 1. The molecule has 0 fully saturated rings. The minimum atomic E-state index is 0.214. The topological polar surface area (TPSA) is 54.7 Å². The third-order valence-electron chi connectivity index (χ3n) is 2.65. The number of hydrogen-bond acceptors (Lipinski definition) is 2. The molecule has 2 rings (SSSR count). The predicted molar refractivity (Wildman–Crippen MR) is 65.9 cm³/mol. The molecule has 0 aliphatic carbocycles. The van der Waals surface area contributed by atoms with Gasteiger partial charge in [0.05, 0.1) is 25.0 Å². The summed E-state index contributed by atoms with van der Waals surface area (Å²) in [6, 6.07) is 8.27. The molecule has 0 saturated heterocycles. The van der Waals surface area contributed by atoms with Gasteiger partial charge in [-0.1, -0.05) is 17.7 Å². The minimum Gasteiger partial charge on any atom is -0.391 e. The van der Waals surface area contributed by atoms with E-state index in [0.29, 0.717) is 0 Å². The third-order valence-corrected chi connectivity index (χ3v) is 2.65. The monoisotopic (exact) mass is 232 g/mol. The molecule has 3 N–H and O–H groups in total. The number of aromatic nitrogens is 2. The van der Waals surface area contributed by atoms with E-state index in [-0.39, 0.29) is 6.61 Å². The van der Waals surface area contributed by atoms with Crippen molar-refractivity contribution in [1.82, 2.24) is 9.78 Å². The van der Waals surface area contributed by atoms with Gasteiger partial charge in [-0.2, -0.15) is 5.10 Å². The summed E-state index contributed by atoms with van der Waals surface area (Å²) in [6.45, 7) is 3.87. The van der Waals surface area contributed by atoms with Gasteiger partial charge in [-0.25, -0.2) is 4.68 Å². The Morgan fingerprint density at radius 3 is 2.76 bits per heavy atom. The van der Waals surface area contributed by atoms with Gasteiger partial charge in [-0.3, -0.25) is 0 Å². The molecule has 4 heteroatoms. The normalized spacial score (nSPS) is 10.7. The maximum atomic E-state index is 8.70. The average Bonchev–Trinajstić information content (AvgIpc) is 2.79. The lowest BCUT2D eigenvalue weighted by atomic mass is 10.2. The number of aliphatic hydroxyl groups excluding tert-OH is 1. The third kappa shape index (κ3) is 3.15. The molecule has 1 aromatic carbocycles. The van der Waals surface area contributed by atoms with E-state index >= 15 is 0 Å². The average molecular weight is 232 g/mol. The smallest absolute Gasteiger partial charge is 0.104 e. The largest absolute Gasteiger partial charge is 0.391 e. The molecule has 0 bridgehead atoms. The molecular formula is C13H18N3O+. The van der Waals surface area contributed by atoms with E-state index in [1.54, 1.807) is 0 Å². The Balaban J connectivity index is 2.04. The zero-order chi connectivity index (χ0) is 12.1. The molecule has 0 saturated carbocycles. The number of hydrogen-bond donors (Lipinski definition) is 2. The maximum absolute atomic E-state index is 8.70. The molecule has 0 aliphatic rings. The van der Waals surface area contributed by atoms with Gasteiger partial charge in [-0.05, 0) is 19.1 Å². The van der Waals surface area contributed by atoms with Crippen LogP contribution in [0.3, 0.4) is 0 Å². The van der Waals surface area contributed by atoms with Crippen molar-refractivity contribution in [3.8, 4) is 5.69 Å². The Morgan fingerprint density at radius 2 is 2.06 bits per heavy atom. The van der Waals surface area contributed by atoms with Crippen molar-refractivity contribution in [3.05, 3.63) is 47.8 Å². The van der Waals surface area contributed by atoms with Gasteiger partial charge in [0.2, 0.25) is 0 Å². The van der Waals surface area contributed by atoms with Gasteiger partial charge in [-0.15, -0.1) is 0 Å². The highest BCUT2D eigenvalue weighted by molar-refractivity contribution is 5.33. The van der Waals surface area contributed by atoms with Gasteiger partial charge in [0.25, 0.3) is 0 Å². The molecular weight excluding hydrogens is 214 g/mol. The van der Waals surface area contributed by atoms with E-state index in [1.807, 2.05) is 17.1 Å². The highest BCUT2D eigenvalue weighted by Crippen LogP contribution is 2.09. The first-order chi connectivity index (χ1) is 8.29. The second-order valence-electron chi connectivity index (χ2n) is 4.13. The number of nitrogens with two attached hydrogens (primary N) is 1. The SMILES string of the molecule is Cc1ccc(-n2cc(C[NH2+]CCO)cn2)cc1. The summed E-state index contributed by atoms with van der Waals surface area (Å²) in [5, 5.41) is 15.1. The Morgan fingerprint density at radius 1 is 1.29 bits per heavy atom. The van der Waals surface area contributed by atoms with Crippen LogP contribution in [0.4, 0.5) is 0 Å². The van der Waals surface area contributed by atoms with Crippen LogP contribution in [0.15, 0.2) is 36.7 Å². The van der Waals surface area contributed by atoms with Crippen molar-refractivity contribution in [2.75, 3.05) is 13.2 Å². The number of rotatable bonds is 5. The fourth-order valence-electron chi connectivity index (χ4n) is 1.66. The van der Waals surface area contributed by atoms with Gasteiger partial charge in [0.15, 0.2) is 0 Å². The van der Waals surface area contributed by atoms with Crippen LogP contribution in [0.1, 0.15) is 11.1 Å². The first kappa shape index (κ1) is 11.8. The van der Waals surface area contributed by atoms with Crippen molar-refractivity contribution < 1.29 is 10.4 Å². The molecule has 0 spiro atoms. The highest BCUT2D eigenvalue weighted by Gasteiger charge is 2.01. The van der Waals surface area contributed by atoms with E-state index in [2.05, 4.69) is 41.6 Å². The minimum absolute atomic E-state index is 0.214. The number of nitrogens with zero attached hydrogens (tertiary/aromatic N) is 2. The lowest BCUT2D eigenvalue weighted by molar-refractivity contribution is -0.671. The molecule has 0 aliphatic heterocycles. The van der Waals surface area contributed by atoms with Gasteiger partial charge in [0.1, 0.15) is 6.54 Å². The van der Waals surface area contributed by atoms with Crippen LogP contribution in [0.25, 0.3) is 5.69 Å². The molecule has 0 atom stereocenters. The highest BCUT2D eigenvalue weighted by atomic mass is 16.3. The number of benzene rings is 1. The van der Waals surface area contributed by atoms with Crippen LogP contribution in [-0.4, -0.2) is 28.0 Å². The second-order valence-corrected chi connectivity index (χ2v) is 4.13. The lowest BCUT2D eigenvalue weighted by Gasteiger charge is -2.01. The molecule has 0 radical (unpaired) electrons. The first-order valence-corrected chi connectivity index (χ1v) is 5.82. The summed E-state index contributed by atoms with van der Waals surface area (Å²) in [4.78, 5) is 0. The fourth-order valence-corrected chi connectivity index (χ4v) is 1.66. The van der Waals surface area contributed by atoms with Crippen LogP contribution in [0.5, 0.6) is 0 Å². The number of aliphatic hydroxyl groups is 1. The molecule has 2 aromatic rings. The predicted octanol–water partition coefficient (Wildman–Crippen LogP) is 0.236. The maximum Gasteiger partial charge on any atom is 0.104 e. The van der Waals surface area contributed by atoms with Gasteiger partial charge in [0, 0.05) is 11.8 Å². The van der Waals surface area contributed by atoms with Crippen LogP contribution >= 0.6 is 0 Å². The van der Waals surface area contributed by atoms with Crippen molar-refractivity contribution >= 4 is 0 Å². The summed E-state index contributed by atoms with van der Waals surface area (Å²) in [7, 11) is 0. The van der Waals surface area contributed by atoms with Crippen LogP contribution < -0.4 is 5.32 Å². The summed E-state index contributed by atoms with van der Waals surface area (Å²) in [6.07, 6.45) is 3.90. The van der Waals surface area contributed by atoms with Crippen molar-refractivity contribution in [3.63, 3.8) is 0 Å². The molecule has 0 amide bonds. The van der Waals surface area contributed by atoms with E-state index in [0.717, 1.165) is 18.8 Å². The summed E-state index contributed by atoms with van der Waals surface area (Å²) in [5.41, 5.74) is 3.49. The molecule has 90 valence electrons. The van der Waals surface area contributed by atoms with E-state index < -0.39 is 0 Å². The lowest BCUT2D eigenvalue weighted by Crippen LogP contribution is -2.83. The Hall–Kier alpha value is -1.65. The second kappa shape index (κ2) is 5.61. The van der Waals surface area contributed by atoms with Crippen molar-refractivity contribution in [1.29, 1.82) is 0 Å². The van der Waals surface area contributed by atoms with E-state index in [1.165, 1.54) is 11.1 Å². The first-order valence-electron chi connectivity index (χ1n) is 5.82. The zero-order valence-electron chi connectivity index (χ0n) is 10.0. The Bertz CT molecular complexity index is 462. The molecule has 17 heavy (non-hydrogen) atoms. The molecule has 4 nitrogen and oxygen atoms in total. The van der Waals surface area contributed by atoms with Crippen molar-refractivity contribution in [2.45, 2.75) is 13.5 Å². The van der Waals surface area contributed by atoms with Gasteiger partial charge < -0.3 is 10.4 Å². The summed E-state index contributed by atoms with van der Waals surface area (Å²) in [5.74, 6) is 0. The molecule has 1 heterocycles. The summed E-state index contributed by atoms with van der Waals surface area (Å²) >= 11 is 0. The quantitative estimate of drug-likeness (QED) is 0.725. The van der Waals surface area contributed by atoms with Crippen LogP contribution in [0.2, 0.25) is 0 Å². The van der Waals surface area contributed by atoms with Gasteiger partial charge >= 0.3 is 0 Å². The molecule has 0 unspecified atom stereocenters. The fraction of sp³-hybridized carbons (Fsp3) is 0.308. The zero-order valence-corrected chi connectivity index (χ0v) is 10.0. The van der Waals surface area contributed by atoms with E-state index in [4.69, 9.17) is 5.11 Å². The van der Waals surface area contributed by atoms with Crippen LogP contribution in [0, 0.1) is 6.92 Å².